The van der Waals surface area contributed by atoms with Crippen molar-refractivity contribution in [1.82, 2.24) is 15.5 Å². The quantitative estimate of drug-likeness (QED) is 0.326. The number of hydrogen-bond acceptors (Lipinski definition) is 8. The molecule has 168 valence electrons. The number of nitrogens with one attached hydrogen (secondary N) is 2. The summed E-state index contributed by atoms with van der Waals surface area (Å²) in [6.45, 7) is 0.492. The Balaban J connectivity index is 1.42. The van der Waals surface area contributed by atoms with E-state index in [0.717, 1.165) is 5.56 Å². The van der Waals surface area contributed by atoms with Gasteiger partial charge < -0.3 is 14.8 Å². The summed E-state index contributed by atoms with van der Waals surface area (Å²) in [5.41, 5.74) is 1.45. The van der Waals surface area contributed by atoms with E-state index in [1.54, 1.807) is 38.5 Å². The fourth-order valence-corrected chi connectivity index (χ4v) is 4.45. The van der Waals surface area contributed by atoms with Crippen molar-refractivity contribution in [3.63, 3.8) is 0 Å². The van der Waals surface area contributed by atoms with Crippen LogP contribution in [0.2, 0.25) is 5.02 Å². The van der Waals surface area contributed by atoms with E-state index in [0.29, 0.717) is 44.5 Å². The van der Waals surface area contributed by atoms with Crippen LogP contribution in [-0.4, -0.2) is 48.5 Å². The Kier molecular flexibility index (Phi) is 8.72. The summed E-state index contributed by atoms with van der Waals surface area (Å²) in [4.78, 5) is 24.4. The number of hydrogen-bond donors (Lipinski definition) is 2. The molecule has 0 atom stereocenters. The van der Waals surface area contributed by atoms with E-state index < -0.39 is 0 Å². The topological polar surface area (TPSA) is 102 Å². The molecule has 0 spiro atoms. The molecule has 0 radical (unpaired) electrons. The van der Waals surface area contributed by atoms with Crippen molar-refractivity contribution >= 4 is 51.6 Å². The zero-order valence-corrected chi connectivity index (χ0v) is 19.8. The van der Waals surface area contributed by atoms with Gasteiger partial charge in [-0.25, -0.2) is 0 Å². The van der Waals surface area contributed by atoms with E-state index in [-0.39, 0.29) is 17.6 Å². The predicted molar refractivity (Wildman–Crippen MR) is 126 cm³/mol. The lowest BCUT2D eigenvalue weighted by atomic mass is 10.1. The van der Waals surface area contributed by atoms with Crippen LogP contribution in [0.1, 0.15) is 15.9 Å². The molecule has 3 aromatic rings. The van der Waals surface area contributed by atoms with Gasteiger partial charge in [-0.3, -0.25) is 14.9 Å². The lowest BCUT2D eigenvalue weighted by Crippen LogP contribution is -2.27. The summed E-state index contributed by atoms with van der Waals surface area (Å²) in [5.74, 6) is 1.07. The highest BCUT2D eigenvalue weighted by molar-refractivity contribution is 8.01. The van der Waals surface area contributed by atoms with Gasteiger partial charge in [0.1, 0.15) is 0 Å². The van der Waals surface area contributed by atoms with Crippen LogP contribution < -0.4 is 20.1 Å². The van der Waals surface area contributed by atoms with Crippen LogP contribution in [0.3, 0.4) is 0 Å². The summed E-state index contributed by atoms with van der Waals surface area (Å²) in [6.07, 6.45) is 0.662. The van der Waals surface area contributed by atoms with Crippen molar-refractivity contribution in [2.45, 2.75) is 10.8 Å². The van der Waals surface area contributed by atoms with Crippen molar-refractivity contribution < 1.29 is 19.1 Å². The molecular formula is C21H21ClN4O4S2. The van der Waals surface area contributed by atoms with Gasteiger partial charge in [-0.05, 0) is 42.3 Å². The number of halogens is 1. The molecule has 2 amide bonds. The highest BCUT2D eigenvalue weighted by Gasteiger charge is 2.12. The standard InChI is InChI=1S/C21H21ClN4O4S2/c1-29-16-7-6-13(10-17(16)30-2)8-9-23-18(27)12-31-21-26-25-20(32-21)24-19(28)14-4-3-5-15(22)11-14/h3-7,10-11H,8-9,12H2,1-2H3,(H,23,27)(H,24,25,28). The number of anilines is 1. The van der Waals surface area contributed by atoms with E-state index in [1.807, 2.05) is 18.2 Å². The zero-order chi connectivity index (χ0) is 22.9. The van der Waals surface area contributed by atoms with Crippen LogP contribution in [0.4, 0.5) is 5.13 Å². The molecule has 0 aliphatic carbocycles. The maximum atomic E-state index is 12.2. The third-order valence-electron chi connectivity index (χ3n) is 4.22. The smallest absolute Gasteiger partial charge is 0.257 e. The van der Waals surface area contributed by atoms with E-state index in [4.69, 9.17) is 21.1 Å². The molecule has 11 heteroatoms. The minimum Gasteiger partial charge on any atom is -0.493 e. The summed E-state index contributed by atoms with van der Waals surface area (Å²) >= 11 is 8.36. The Bertz CT molecular complexity index is 1090. The van der Waals surface area contributed by atoms with Crippen molar-refractivity contribution in [3.05, 3.63) is 58.6 Å². The number of methoxy groups -OCH3 is 2. The number of thioether (sulfide) groups is 1. The average molecular weight is 493 g/mol. The van der Waals surface area contributed by atoms with Gasteiger partial charge in [0, 0.05) is 17.1 Å². The minimum atomic E-state index is -0.326. The van der Waals surface area contributed by atoms with E-state index in [9.17, 15) is 9.59 Å². The van der Waals surface area contributed by atoms with Gasteiger partial charge in [-0.15, -0.1) is 10.2 Å². The van der Waals surface area contributed by atoms with Gasteiger partial charge in [0.25, 0.3) is 5.91 Å². The van der Waals surface area contributed by atoms with E-state index >= 15 is 0 Å². The maximum Gasteiger partial charge on any atom is 0.257 e. The lowest BCUT2D eigenvalue weighted by molar-refractivity contribution is -0.118. The van der Waals surface area contributed by atoms with Crippen LogP contribution in [0.5, 0.6) is 11.5 Å². The average Bonchev–Trinajstić information content (AvgIpc) is 3.24. The van der Waals surface area contributed by atoms with Crippen LogP contribution in [-0.2, 0) is 11.2 Å². The first-order chi connectivity index (χ1) is 15.5. The summed E-state index contributed by atoms with van der Waals surface area (Å²) in [7, 11) is 3.17. The number of carbonyl (C=O) groups excluding carboxylic acids is 2. The molecule has 0 bridgehead atoms. The molecule has 1 heterocycles. The second-order valence-corrected chi connectivity index (χ2v) is 9.05. The van der Waals surface area contributed by atoms with Gasteiger partial charge in [-0.1, -0.05) is 46.8 Å². The molecule has 0 aliphatic heterocycles. The molecule has 1 aromatic heterocycles. The fraction of sp³-hybridized carbons (Fsp3) is 0.238. The molecule has 0 aliphatic rings. The molecule has 0 fully saturated rings. The largest absolute Gasteiger partial charge is 0.493 e. The second-order valence-electron chi connectivity index (χ2n) is 6.42. The van der Waals surface area contributed by atoms with Crippen molar-refractivity contribution in [1.29, 1.82) is 0 Å². The summed E-state index contributed by atoms with van der Waals surface area (Å²) in [6, 6.07) is 12.3. The third kappa shape index (κ3) is 6.84. The molecule has 0 unspecified atom stereocenters. The Morgan fingerprint density at radius 1 is 1.09 bits per heavy atom. The molecule has 3 rings (SSSR count). The van der Waals surface area contributed by atoms with Crippen molar-refractivity contribution in [3.8, 4) is 11.5 Å². The maximum absolute atomic E-state index is 12.2. The summed E-state index contributed by atoms with van der Waals surface area (Å²) in [5, 5.41) is 14.3. The molecule has 2 N–H and O–H groups in total. The van der Waals surface area contributed by atoms with E-state index in [2.05, 4.69) is 20.8 Å². The Morgan fingerprint density at radius 3 is 2.66 bits per heavy atom. The van der Waals surface area contributed by atoms with Gasteiger partial charge >= 0.3 is 0 Å². The highest BCUT2D eigenvalue weighted by Crippen LogP contribution is 2.28. The van der Waals surface area contributed by atoms with E-state index in [1.165, 1.54) is 23.1 Å². The van der Waals surface area contributed by atoms with Gasteiger partial charge in [0.05, 0.1) is 20.0 Å². The number of ether oxygens (including phenoxy) is 2. The van der Waals surface area contributed by atoms with Gasteiger partial charge in [0.15, 0.2) is 15.8 Å². The number of amides is 2. The lowest BCUT2D eigenvalue weighted by Gasteiger charge is -2.10. The SMILES string of the molecule is COc1ccc(CCNC(=O)CSc2nnc(NC(=O)c3cccc(Cl)c3)s2)cc1OC. The monoisotopic (exact) mass is 492 g/mol. The fourth-order valence-electron chi connectivity index (χ4n) is 2.68. The minimum absolute atomic E-state index is 0.116. The third-order valence-corrected chi connectivity index (χ3v) is 6.43. The zero-order valence-electron chi connectivity index (χ0n) is 17.4. The van der Waals surface area contributed by atoms with Crippen molar-refractivity contribution in [2.24, 2.45) is 0 Å². The molecule has 0 saturated carbocycles. The first-order valence-corrected chi connectivity index (χ1v) is 11.7. The Labute approximate surface area is 198 Å². The Morgan fingerprint density at radius 2 is 1.91 bits per heavy atom. The van der Waals surface area contributed by atoms with Crippen molar-refractivity contribution in [2.75, 3.05) is 31.8 Å². The number of aromatic nitrogens is 2. The first kappa shape index (κ1) is 23.8. The highest BCUT2D eigenvalue weighted by atomic mass is 35.5. The van der Waals surface area contributed by atoms with Crippen LogP contribution in [0.25, 0.3) is 0 Å². The Hall–Kier alpha value is -2.82. The van der Waals surface area contributed by atoms with Crippen LogP contribution in [0, 0.1) is 0 Å². The number of nitrogens with zero attached hydrogens (tertiary/aromatic N) is 2. The molecule has 8 nitrogen and oxygen atoms in total. The first-order valence-electron chi connectivity index (χ1n) is 9.49. The molecule has 32 heavy (non-hydrogen) atoms. The molecule has 0 saturated heterocycles. The molecule has 2 aromatic carbocycles. The number of rotatable bonds is 10. The molecular weight excluding hydrogens is 472 g/mol. The van der Waals surface area contributed by atoms with Crippen LogP contribution in [0.15, 0.2) is 46.8 Å². The second kappa shape index (κ2) is 11.7. The van der Waals surface area contributed by atoms with Gasteiger partial charge in [-0.2, -0.15) is 0 Å². The number of carbonyl (C=O) groups is 2. The number of benzene rings is 2. The van der Waals surface area contributed by atoms with Gasteiger partial charge in [0.2, 0.25) is 11.0 Å². The summed E-state index contributed by atoms with van der Waals surface area (Å²) < 4.78 is 11.1. The van der Waals surface area contributed by atoms with Crippen LogP contribution >= 0.6 is 34.7 Å². The predicted octanol–water partition coefficient (Wildman–Crippen LogP) is 3.91. The normalized spacial score (nSPS) is 10.5.